The molecule has 148 valence electrons. The number of carbonyl (C=O) groups excluding carboxylic acids is 1. The number of benzene rings is 2. The quantitative estimate of drug-likeness (QED) is 0.438. The highest BCUT2D eigenvalue weighted by Crippen LogP contribution is 2.32. The summed E-state index contributed by atoms with van der Waals surface area (Å²) in [6.45, 7) is 0. The lowest BCUT2D eigenvalue weighted by molar-refractivity contribution is -0.386. The normalized spacial score (nSPS) is 16.9. The summed E-state index contributed by atoms with van der Waals surface area (Å²) in [7, 11) is 0. The fraction of sp³-hybridized carbons (Fsp3) is 0.105. The molecule has 2 aromatic rings. The fourth-order valence-electron chi connectivity index (χ4n) is 2.79. The van der Waals surface area contributed by atoms with E-state index in [0.29, 0.717) is 33.8 Å². The third-order valence-electron chi connectivity index (χ3n) is 4.17. The number of hydrogen-bond acceptors (Lipinski definition) is 8. The number of nitrogens with zero attached hydrogens (tertiary/aromatic N) is 2. The van der Waals surface area contributed by atoms with Crippen LogP contribution in [0.1, 0.15) is 11.1 Å². The predicted octanol–water partition coefficient (Wildman–Crippen LogP) is 3.70. The van der Waals surface area contributed by atoms with Gasteiger partial charge in [0.1, 0.15) is 0 Å². The van der Waals surface area contributed by atoms with Crippen molar-refractivity contribution < 1.29 is 24.9 Å². The van der Waals surface area contributed by atoms with Crippen molar-refractivity contribution in [2.24, 2.45) is 0 Å². The Bertz CT molecular complexity index is 1010. The van der Waals surface area contributed by atoms with Gasteiger partial charge in [-0.1, -0.05) is 0 Å². The van der Waals surface area contributed by atoms with Crippen LogP contribution in [0.4, 0.5) is 11.4 Å². The second-order valence-corrected chi connectivity index (χ2v) is 7.16. The molecule has 1 aliphatic rings. The average Bonchev–Trinajstić information content (AvgIpc) is 2.64. The minimum absolute atomic E-state index is 0.237. The maximum absolute atomic E-state index is 12.8. The van der Waals surface area contributed by atoms with Crippen molar-refractivity contribution in [1.29, 1.82) is 0 Å². The number of ketones is 1. The number of aromatic hydroxyl groups is 2. The molecular weight excluding hydrogens is 400 g/mol. The van der Waals surface area contributed by atoms with Gasteiger partial charge in [0.05, 0.1) is 9.85 Å². The number of phenolic OH excluding ortho intramolecular Hbond substituents is 2. The molecule has 1 heterocycles. The Morgan fingerprint density at radius 1 is 0.828 bits per heavy atom. The summed E-state index contributed by atoms with van der Waals surface area (Å²) in [5.41, 5.74) is 0.960. The van der Waals surface area contributed by atoms with Crippen LogP contribution in [0.15, 0.2) is 47.5 Å². The third kappa shape index (κ3) is 4.43. The van der Waals surface area contributed by atoms with E-state index in [1.165, 1.54) is 48.2 Å². The Kier molecular flexibility index (Phi) is 5.64. The van der Waals surface area contributed by atoms with Gasteiger partial charge in [-0.05, 0) is 47.5 Å². The Labute approximate surface area is 168 Å². The zero-order valence-electron chi connectivity index (χ0n) is 14.8. The molecule has 10 heteroatoms. The zero-order chi connectivity index (χ0) is 21.1. The van der Waals surface area contributed by atoms with Gasteiger partial charge in [-0.25, -0.2) is 0 Å². The molecule has 1 saturated heterocycles. The topological polar surface area (TPSA) is 144 Å². The molecule has 0 spiro atoms. The van der Waals surface area contributed by atoms with Crippen molar-refractivity contribution in [3.63, 3.8) is 0 Å². The van der Waals surface area contributed by atoms with Crippen molar-refractivity contribution in [2.75, 3.05) is 11.5 Å². The number of nitro groups is 2. The number of thioether (sulfide) groups is 1. The highest BCUT2D eigenvalue weighted by atomic mass is 32.2. The second kappa shape index (κ2) is 8.15. The molecule has 0 unspecified atom stereocenters. The summed E-state index contributed by atoms with van der Waals surface area (Å²) in [5, 5.41) is 41.1. The van der Waals surface area contributed by atoms with Crippen molar-refractivity contribution >= 4 is 41.1 Å². The molecule has 0 amide bonds. The van der Waals surface area contributed by atoms with Gasteiger partial charge in [0.15, 0.2) is 17.3 Å². The molecule has 0 radical (unpaired) electrons. The number of nitro benzene ring substituents is 2. The summed E-state index contributed by atoms with van der Waals surface area (Å²) < 4.78 is 0. The number of carbonyl (C=O) groups is 1. The van der Waals surface area contributed by atoms with Crippen molar-refractivity contribution in [1.82, 2.24) is 0 Å². The van der Waals surface area contributed by atoms with E-state index >= 15 is 0 Å². The Morgan fingerprint density at radius 3 is 1.59 bits per heavy atom. The summed E-state index contributed by atoms with van der Waals surface area (Å²) in [5.74, 6) is -0.354. The van der Waals surface area contributed by atoms with Gasteiger partial charge in [-0.15, -0.1) is 0 Å². The Hall–Kier alpha value is -3.66. The van der Waals surface area contributed by atoms with Gasteiger partial charge in [0.2, 0.25) is 0 Å². The van der Waals surface area contributed by atoms with Crippen LogP contribution >= 0.6 is 11.8 Å². The first kappa shape index (κ1) is 20.1. The molecular formula is C19H14N2O7S. The maximum atomic E-state index is 12.8. The van der Waals surface area contributed by atoms with E-state index in [9.17, 15) is 35.2 Å². The van der Waals surface area contributed by atoms with E-state index < -0.39 is 32.7 Å². The van der Waals surface area contributed by atoms with Crippen molar-refractivity contribution in [2.45, 2.75) is 0 Å². The number of phenols is 2. The van der Waals surface area contributed by atoms with Crippen LogP contribution in [0.2, 0.25) is 0 Å². The molecule has 1 fully saturated rings. The molecule has 2 N–H and O–H groups in total. The monoisotopic (exact) mass is 414 g/mol. The minimum Gasteiger partial charge on any atom is -0.502 e. The summed E-state index contributed by atoms with van der Waals surface area (Å²) in [6, 6.07) is 7.65. The molecule has 0 aromatic heterocycles. The van der Waals surface area contributed by atoms with Crippen LogP contribution in [0, 0.1) is 20.2 Å². The summed E-state index contributed by atoms with van der Waals surface area (Å²) >= 11 is 1.48. The average molecular weight is 414 g/mol. The summed E-state index contributed by atoms with van der Waals surface area (Å²) in [6.07, 6.45) is 3.11. The molecule has 0 aliphatic carbocycles. The Balaban J connectivity index is 1.88. The van der Waals surface area contributed by atoms with Crippen molar-refractivity contribution in [3.8, 4) is 11.5 Å². The molecule has 29 heavy (non-hydrogen) atoms. The SMILES string of the molecule is O=C1C(=Cc2ccc([N+](=O)[O-])c(O)c2)CSCC1=Cc1ccc([N+](=O)[O-])c(O)c1. The smallest absolute Gasteiger partial charge is 0.310 e. The van der Waals surface area contributed by atoms with E-state index in [0.717, 1.165) is 0 Å². The van der Waals surface area contributed by atoms with Crippen LogP contribution in [-0.4, -0.2) is 37.3 Å². The Morgan fingerprint density at radius 2 is 1.24 bits per heavy atom. The molecule has 0 saturated carbocycles. The van der Waals surface area contributed by atoms with Gasteiger partial charge in [-0.3, -0.25) is 25.0 Å². The van der Waals surface area contributed by atoms with Gasteiger partial charge in [0.25, 0.3) is 0 Å². The van der Waals surface area contributed by atoms with Gasteiger partial charge in [-0.2, -0.15) is 11.8 Å². The van der Waals surface area contributed by atoms with Crippen LogP contribution in [0.5, 0.6) is 11.5 Å². The number of rotatable bonds is 4. The lowest BCUT2D eigenvalue weighted by Gasteiger charge is -2.16. The fourth-order valence-corrected chi connectivity index (χ4v) is 3.77. The van der Waals surface area contributed by atoms with Crippen LogP contribution in [0.25, 0.3) is 12.2 Å². The molecule has 3 rings (SSSR count). The third-order valence-corrected chi connectivity index (χ3v) is 5.20. The molecule has 9 nitrogen and oxygen atoms in total. The van der Waals surface area contributed by atoms with E-state index in [2.05, 4.69) is 0 Å². The zero-order valence-corrected chi connectivity index (χ0v) is 15.6. The number of Topliss-reactive ketones (excluding diaryl/α,β-unsaturated/α-hetero) is 1. The lowest BCUT2D eigenvalue weighted by Crippen LogP contribution is -2.16. The number of hydrogen-bond donors (Lipinski definition) is 2. The molecule has 0 atom stereocenters. The van der Waals surface area contributed by atoms with E-state index in [-0.39, 0.29) is 5.78 Å². The first-order valence-electron chi connectivity index (χ1n) is 8.24. The highest BCUT2D eigenvalue weighted by Gasteiger charge is 2.22. The highest BCUT2D eigenvalue weighted by molar-refractivity contribution is 7.99. The van der Waals surface area contributed by atoms with Crippen molar-refractivity contribution in [3.05, 3.63) is 78.9 Å². The van der Waals surface area contributed by atoms with E-state index in [1.54, 1.807) is 12.2 Å². The second-order valence-electron chi connectivity index (χ2n) is 6.17. The predicted molar refractivity (Wildman–Crippen MR) is 108 cm³/mol. The molecule has 2 aromatic carbocycles. The lowest BCUT2D eigenvalue weighted by atomic mass is 10.00. The van der Waals surface area contributed by atoms with E-state index in [4.69, 9.17) is 0 Å². The van der Waals surface area contributed by atoms with Gasteiger partial charge < -0.3 is 10.2 Å². The first-order chi connectivity index (χ1) is 13.8. The largest absolute Gasteiger partial charge is 0.502 e. The minimum atomic E-state index is -0.700. The summed E-state index contributed by atoms with van der Waals surface area (Å²) in [4.78, 5) is 32.9. The van der Waals surface area contributed by atoms with Crippen LogP contribution in [0.3, 0.4) is 0 Å². The molecule has 1 aliphatic heterocycles. The van der Waals surface area contributed by atoms with Gasteiger partial charge in [0, 0.05) is 34.8 Å². The molecule has 0 bridgehead atoms. The standard InChI is InChI=1S/C19H14N2O7S/c22-17-7-11(1-3-15(17)20(25)26)5-13-9-29-10-14(19(13)24)6-12-2-4-16(21(27)28)18(23)8-12/h1-8,22-23H,9-10H2. The first-order valence-corrected chi connectivity index (χ1v) is 9.40. The van der Waals surface area contributed by atoms with Crippen LogP contribution < -0.4 is 0 Å². The van der Waals surface area contributed by atoms with Gasteiger partial charge >= 0.3 is 11.4 Å². The van der Waals surface area contributed by atoms with E-state index in [1.807, 2.05) is 0 Å². The maximum Gasteiger partial charge on any atom is 0.310 e. The van der Waals surface area contributed by atoms with Crippen LogP contribution in [-0.2, 0) is 4.79 Å².